The first-order chi connectivity index (χ1) is 8.74. The summed E-state index contributed by atoms with van der Waals surface area (Å²) in [6, 6.07) is 4.72. The number of hydrogen-bond acceptors (Lipinski definition) is 3. The molecule has 0 amide bonds. The Balaban J connectivity index is 2.18. The molecule has 0 bridgehead atoms. The molecule has 1 unspecified atom stereocenters. The fourth-order valence-corrected chi connectivity index (χ4v) is 1.90. The van der Waals surface area contributed by atoms with Gasteiger partial charge in [0.2, 0.25) is 0 Å². The molecule has 0 aliphatic heterocycles. The van der Waals surface area contributed by atoms with Crippen molar-refractivity contribution in [1.82, 2.24) is 15.2 Å². The number of hydrogen-bond donors (Lipinski definition) is 1. The molecule has 0 spiro atoms. The van der Waals surface area contributed by atoms with E-state index in [2.05, 4.69) is 48.2 Å². The summed E-state index contributed by atoms with van der Waals surface area (Å²) in [4.78, 5) is 6.42. The van der Waals surface area contributed by atoms with Crippen LogP contribution in [0.25, 0.3) is 0 Å². The van der Waals surface area contributed by atoms with Crippen LogP contribution in [0.4, 0.5) is 0 Å². The van der Waals surface area contributed by atoms with Gasteiger partial charge in [-0.05, 0) is 44.6 Å². The van der Waals surface area contributed by atoms with Crippen molar-refractivity contribution in [3.8, 4) is 0 Å². The molecule has 3 nitrogen and oxygen atoms in total. The lowest BCUT2D eigenvalue weighted by Crippen LogP contribution is -2.37. The Bertz CT molecular complexity index is 300. The summed E-state index contributed by atoms with van der Waals surface area (Å²) in [5, 5.41) is 3.53. The maximum atomic E-state index is 4.04. The zero-order valence-corrected chi connectivity index (χ0v) is 12.0. The Morgan fingerprint density at radius 1 is 1.28 bits per heavy atom. The van der Waals surface area contributed by atoms with Crippen molar-refractivity contribution >= 4 is 0 Å². The van der Waals surface area contributed by atoms with Crippen LogP contribution in [0, 0.1) is 0 Å². The van der Waals surface area contributed by atoms with Gasteiger partial charge in [-0.15, -0.1) is 0 Å². The first-order valence-corrected chi connectivity index (χ1v) is 7.04. The van der Waals surface area contributed by atoms with Crippen LogP contribution in [0.1, 0.15) is 38.7 Å². The van der Waals surface area contributed by atoms with E-state index in [4.69, 9.17) is 0 Å². The highest BCUT2D eigenvalue weighted by atomic mass is 15.1. The van der Waals surface area contributed by atoms with E-state index in [9.17, 15) is 0 Å². The van der Waals surface area contributed by atoms with Gasteiger partial charge >= 0.3 is 0 Å². The summed E-state index contributed by atoms with van der Waals surface area (Å²) in [5.74, 6) is 0. The normalized spacial score (nSPS) is 12.9. The molecule has 0 aliphatic carbocycles. The van der Waals surface area contributed by atoms with E-state index in [1.807, 2.05) is 12.4 Å². The standard InChI is InChI=1S/C15H27N3/c1-4-5-6-9-17-12-14(2)18(3)13-15-7-10-16-11-8-15/h7-8,10-11,14,17H,4-6,9,12-13H2,1-3H3. The third-order valence-corrected chi connectivity index (χ3v) is 3.33. The second-order valence-corrected chi connectivity index (χ2v) is 5.03. The minimum absolute atomic E-state index is 0.555. The molecule has 0 saturated heterocycles. The maximum absolute atomic E-state index is 4.04. The van der Waals surface area contributed by atoms with E-state index in [1.165, 1.54) is 24.8 Å². The molecule has 18 heavy (non-hydrogen) atoms. The van der Waals surface area contributed by atoms with Crippen molar-refractivity contribution in [1.29, 1.82) is 0 Å². The van der Waals surface area contributed by atoms with Crippen LogP contribution in [0.3, 0.4) is 0 Å². The van der Waals surface area contributed by atoms with E-state index in [-0.39, 0.29) is 0 Å². The SMILES string of the molecule is CCCCCNCC(C)N(C)Cc1ccncc1. The second kappa shape index (κ2) is 9.06. The second-order valence-electron chi connectivity index (χ2n) is 5.03. The van der Waals surface area contributed by atoms with Crippen LogP contribution in [0.2, 0.25) is 0 Å². The number of unbranched alkanes of at least 4 members (excludes halogenated alkanes) is 2. The number of aromatic nitrogens is 1. The van der Waals surface area contributed by atoms with Gasteiger partial charge in [-0.3, -0.25) is 9.88 Å². The fourth-order valence-electron chi connectivity index (χ4n) is 1.90. The largest absolute Gasteiger partial charge is 0.315 e. The van der Waals surface area contributed by atoms with Gasteiger partial charge in [-0.1, -0.05) is 19.8 Å². The molecule has 0 aliphatic rings. The van der Waals surface area contributed by atoms with E-state index in [1.54, 1.807) is 0 Å². The highest BCUT2D eigenvalue weighted by Gasteiger charge is 2.08. The van der Waals surface area contributed by atoms with Crippen LogP contribution in [-0.4, -0.2) is 36.1 Å². The van der Waals surface area contributed by atoms with Gasteiger partial charge < -0.3 is 5.32 Å². The van der Waals surface area contributed by atoms with Gasteiger partial charge in [0.05, 0.1) is 0 Å². The van der Waals surface area contributed by atoms with Crippen LogP contribution in [0.5, 0.6) is 0 Å². The van der Waals surface area contributed by atoms with Gasteiger partial charge in [-0.25, -0.2) is 0 Å². The summed E-state index contributed by atoms with van der Waals surface area (Å²) >= 11 is 0. The lowest BCUT2D eigenvalue weighted by atomic mass is 10.2. The maximum Gasteiger partial charge on any atom is 0.0271 e. The Kier molecular flexibility index (Phi) is 7.62. The number of pyridine rings is 1. The zero-order chi connectivity index (χ0) is 13.2. The summed E-state index contributed by atoms with van der Waals surface area (Å²) in [5.41, 5.74) is 1.32. The molecule has 1 heterocycles. The number of rotatable bonds is 9. The van der Waals surface area contributed by atoms with Crippen LogP contribution in [-0.2, 0) is 6.54 Å². The lowest BCUT2D eigenvalue weighted by molar-refractivity contribution is 0.242. The smallest absolute Gasteiger partial charge is 0.0271 e. The molecular formula is C15H27N3. The Morgan fingerprint density at radius 2 is 2.00 bits per heavy atom. The molecule has 1 aromatic heterocycles. The predicted octanol–water partition coefficient (Wildman–Crippen LogP) is 2.68. The van der Waals surface area contributed by atoms with Crippen LogP contribution >= 0.6 is 0 Å². The summed E-state index contributed by atoms with van der Waals surface area (Å²) in [6.07, 6.45) is 7.62. The van der Waals surface area contributed by atoms with E-state index in [0.29, 0.717) is 6.04 Å². The minimum Gasteiger partial charge on any atom is -0.315 e. The lowest BCUT2D eigenvalue weighted by Gasteiger charge is -2.25. The van der Waals surface area contributed by atoms with Crippen molar-refractivity contribution in [2.45, 2.75) is 45.7 Å². The topological polar surface area (TPSA) is 28.2 Å². The summed E-state index contributed by atoms with van der Waals surface area (Å²) in [6.45, 7) is 7.70. The van der Waals surface area contributed by atoms with Crippen molar-refractivity contribution in [3.05, 3.63) is 30.1 Å². The Hall–Kier alpha value is -0.930. The van der Waals surface area contributed by atoms with E-state index < -0.39 is 0 Å². The molecule has 0 saturated carbocycles. The highest BCUT2D eigenvalue weighted by Crippen LogP contribution is 2.04. The first-order valence-electron chi connectivity index (χ1n) is 7.04. The minimum atomic E-state index is 0.555. The van der Waals surface area contributed by atoms with Gasteiger partial charge in [0, 0.05) is 31.5 Å². The summed E-state index contributed by atoms with van der Waals surface area (Å²) < 4.78 is 0. The number of nitrogens with zero attached hydrogens (tertiary/aromatic N) is 2. The first kappa shape index (κ1) is 15.1. The predicted molar refractivity (Wildman–Crippen MR) is 77.6 cm³/mol. The molecule has 3 heteroatoms. The molecule has 0 fully saturated rings. The Morgan fingerprint density at radius 3 is 2.67 bits per heavy atom. The molecule has 1 aromatic rings. The molecule has 1 rings (SSSR count). The average molecular weight is 249 g/mol. The van der Waals surface area contributed by atoms with Crippen LogP contribution in [0.15, 0.2) is 24.5 Å². The zero-order valence-electron chi connectivity index (χ0n) is 12.0. The Labute approximate surface area is 112 Å². The summed E-state index contributed by atoms with van der Waals surface area (Å²) in [7, 11) is 2.18. The van der Waals surface area contributed by atoms with E-state index >= 15 is 0 Å². The molecule has 1 atom stereocenters. The van der Waals surface area contributed by atoms with E-state index in [0.717, 1.165) is 19.6 Å². The van der Waals surface area contributed by atoms with Crippen LogP contribution < -0.4 is 5.32 Å². The molecular weight excluding hydrogens is 222 g/mol. The van der Waals surface area contributed by atoms with Gasteiger partial charge in [0.15, 0.2) is 0 Å². The third kappa shape index (κ3) is 6.12. The number of nitrogens with one attached hydrogen (secondary N) is 1. The third-order valence-electron chi connectivity index (χ3n) is 3.33. The fraction of sp³-hybridized carbons (Fsp3) is 0.667. The molecule has 0 radical (unpaired) electrons. The monoisotopic (exact) mass is 249 g/mol. The molecule has 1 N–H and O–H groups in total. The van der Waals surface area contributed by atoms with Crippen molar-refractivity contribution in [3.63, 3.8) is 0 Å². The number of likely N-dealkylation sites (N-methyl/N-ethyl adjacent to an activating group) is 1. The van der Waals surface area contributed by atoms with Crippen molar-refractivity contribution < 1.29 is 0 Å². The van der Waals surface area contributed by atoms with Gasteiger partial charge in [-0.2, -0.15) is 0 Å². The van der Waals surface area contributed by atoms with Gasteiger partial charge in [0.1, 0.15) is 0 Å². The quantitative estimate of drug-likeness (QED) is 0.682. The van der Waals surface area contributed by atoms with Crippen molar-refractivity contribution in [2.75, 3.05) is 20.1 Å². The van der Waals surface area contributed by atoms with Gasteiger partial charge in [0.25, 0.3) is 0 Å². The molecule has 0 aromatic carbocycles. The van der Waals surface area contributed by atoms with Crippen molar-refractivity contribution in [2.24, 2.45) is 0 Å². The molecule has 102 valence electrons. The average Bonchev–Trinajstić information content (AvgIpc) is 2.39. The highest BCUT2D eigenvalue weighted by molar-refractivity contribution is 5.09.